The zero-order chi connectivity index (χ0) is 21.9. The van der Waals surface area contributed by atoms with E-state index in [4.69, 9.17) is 9.84 Å². The molecule has 1 unspecified atom stereocenters. The Balaban J connectivity index is 1.53. The van der Waals surface area contributed by atoms with Gasteiger partial charge < -0.3 is 20.1 Å². The Bertz CT molecular complexity index is 1320. The molecule has 0 aliphatic heterocycles. The van der Waals surface area contributed by atoms with Crippen molar-refractivity contribution in [3.8, 4) is 5.75 Å². The number of anilines is 1. The number of fused-ring (bicyclic) bond motifs is 2. The molecule has 0 aliphatic carbocycles. The fourth-order valence-electron chi connectivity index (χ4n) is 3.89. The molecule has 0 amide bonds. The average molecular weight is 427 g/mol. The second-order valence-corrected chi connectivity index (χ2v) is 7.64. The van der Waals surface area contributed by atoms with Crippen LogP contribution in [0.5, 0.6) is 5.75 Å². The van der Waals surface area contributed by atoms with Crippen LogP contribution in [0.25, 0.3) is 16.4 Å². The summed E-state index contributed by atoms with van der Waals surface area (Å²) in [5.74, 6) is 0.685. The normalized spacial score (nSPS) is 12.3. The summed E-state index contributed by atoms with van der Waals surface area (Å²) >= 11 is 0. The molecule has 32 heavy (non-hydrogen) atoms. The number of aliphatic hydroxyl groups is 1. The third kappa shape index (κ3) is 4.02. The van der Waals surface area contributed by atoms with Gasteiger partial charge in [-0.25, -0.2) is 4.52 Å². The molecule has 1 radical (unpaired) electrons. The molecule has 0 spiro atoms. The van der Waals surface area contributed by atoms with Gasteiger partial charge in [0.15, 0.2) is 0 Å². The largest absolute Gasteiger partial charge is 0.495 e. The summed E-state index contributed by atoms with van der Waals surface area (Å²) in [5.41, 5.74) is 5.96. The molecule has 5 rings (SSSR count). The van der Waals surface area contributed by atoms with Gasteiger partial charge >= 0.3 is 0 Å². The third-order valence-corrected chi connectivity index (χ3v) is 5.50. The van der Waals surface area contributed by atoms with E-state index in [1.165, 1.54) is 0 Å². The number of benzene rings is 1. The number of aromatic amines is 1. The number of pyridine rings is 2. The van der Waals surface area contributed by atoms with Gasteiger partial charge in [0.05, 0.1) is 42.4 Å². The maximum absolute atomic E-state index is 9.33. The fourth-order valence-corrected chi connectivity index (χ4v) is 3.89. The van der Waals surface area contributed by atoms with Gasteiger partial charge in [0.1, 0.15) is 5.75 Å². The Morgan fingerprint density at radius 1 is 1.19 bits per heavy atom. The fraction of sp³-hybridized carbons (Fsp3) is 0.160. The lowest BCUT2D eigenvalue weighted by molar-refractivity contribution is 0.299. The highest BCUT2D eigenvalue weighted by Crippen LogP contribution is 2.30. The first-order valence-electron chi connectivity index (χ1n) is 10.5. The molecule has 0 aliphatic rings. The van der Waals surface area contributed by atoms with Gasteiger partial charge in [0.25, 0.3) is 0 Å². The van der Waals surface area contributed by atoms with E-state index in [2.05, 4.69) is 39.9 Å². The first-order chi connectivity index (χ1) is 15.7. The molecule has 1 aromatic carbocycles. The van der Waals surface area contributed by atoms with E-state index in [0.29, 0.717) is 12.2 Å². The standard InChI is InChI=1S/C25H24N5O2/c1-32-21-12-19(15-26-16-21)28-24(25-13-20-4-2-3-8-30(20)29-25)11-18-14-27-23-6-5-17(7-9-31)10-22(18)23/h2-6,8,10-16,24,27-28,31H,7,9H2,1H3. The highest BCUT2D eigenvalue weighted by molar-refractivity contribution is 5.85. The topological polar surface area (TPSA) is 87.5 Å². The molecule has 7 nitrogen and oxygen atoms in total. The summed E-state index contributed by atoms with van der Waals surface area (Å²) in [6.07, 6.45) is 10.2. The smallest absolute Gasteiger partial charge is 0.139 e. The first-order valence-corrected chi connectivity index (χ1v) is 10.5. The second kappa shape index (κ2) is 8.72. The van der Waals surface area contributed by atoms with Crippen molar-refractivity contribution in [3.05, 3.63) is 96.6 Å². The molecule has 161 valence electrons. The van der Waals surface area contributed by atoms with Crippen LogP contribution in [0.15, 0.2) is 73.3 Å². The second-order valence-electron chi connectivity index (χ2n) is 7.64. The monoisotopic (exact) mass is 426 g/mol. The summed E-state index contributed by atoms with van der Waals surface area (Å²) in [6, 6.07) is 16.0. The van der Waals surface area contributed by atoms with Gasteiger partial charge in [-0.3, -0.25) is 4.98 Å². The Morgan fingerprint density at radius 2 is 2.12 bits per heavy atom. The molecule has 3 N–H and O–H groups in total. The number of H-pyrrole nitrogens is 1. The zero-order valence-corrected chi connectivity index (χ0v) is 17.7. The van der Waals surface area contributed by atoms with E-state index in [1.54, 1.807) is 19.5 Å². The number of hydrogen-bond acceptors (Lipinski definition) is 5. The van der Waals surface area contributed by atoms with Crippen molar-refractivity contribution < 1.29 is 9.84 Å². The lowest BCUT2D eigenvalue weighted by Gasteiger charge is -2.18. The van der Waals surface area contributed by atoms with Crippen molar-refractivity contribution in [2.75, 3.05) is 19.0 Å². The first kappa shape index (κ1) is 20.1. The van der Waals surface area contributed by atoms with Crippen molar-refractivity contribution in [2.45, 2.75) is 12.5 Å². The number of ether oxygens (including phenoxy) is 1. The summed E-state index contributed by atoms with van der Waals surface area (Å²) in [5, 5.41) is 18.8. The molecule has 0 bridgehead atoms. The Hall–Kier alpha value is -3.84. The van der Waals surface area contributed by atoms with Gasteiger partial charge in [-0.05, 0) is 47.9 Å². The van der Waals surface area contributed by atoms with Gasteiger partial charge in [-0.2, -0.15) is 5.10 Å². The Labute approximate surface area is 185 Å². The van der Waals surface area contributed by atoms with E-state index >= 15 is 0 Å². The van der Waals surface area contributed by atoms with Crippen LogP contribution in [0.1, 0.15) is 22.9 Å². The Morgan fingerprint density at radius 3 is 2.97 bits per heavy atom. The minimum atomic E-state index is -0.204. The molecule has 0 saturated heterocycles. The quantitative estimate of drug-likeness (QED) is 0.347. The van der Waals surface area contributed by atoms with E-state index in [9.17, 15) is 5.11 Å². The predicted molar refractivity (Wildman–Crippen MR) is 125 cm³/mol. The van der Waals surface area contributed by atoms with Crippen LogP contribution in [0.2, 0.25) is 0 Å². The van der Waals surface area contributed by atoms with Crippen molar-refractivity contribution in [3.63, 3.8) is 0 Å². The highest BCUT2D eigenvalue weighted by atomic mass is 16.5. The number of nitrogens with zero attached hydrogens (tertiary/aromatic N) is 3. The van der Waals surface area contributed by atoms with Crippen LogP contribution >= 0.6 is 0 Å². The van der Waals surface area contributed by atoms with Crippen molar-refractivity contribution in [1.82, 2.24) is 19.6 Å². The maximum atomic E-state index is 9.33. The summed E-state index contributed by atoms with van der Waals surface area (Å²) in [7, 11) is 1.63. The molecular formula is C25H24N5O2. The van der Waals surface area contributed by atoms with Crippen LogP contribution in [0.4, 0.5) is 5.69 Å². The molecule has 0 saturated carbocycles. The predicted octanol–water partition coefficient (Wildman–Crippen LogP) is 4.16. The summed E-state index contributed by atoms with van der Waals surface area (Å²) in [4.78, 5) is 7.61. The van der Waals surface area contributed by atoms with E-state index in [0.717, 1.165) is 38.9 Å². The molecule has 4 aromatic heterocycles. The molecule has 7 heteroatoms. The maximum Gasteiger partial charge on any atom is 0.139 e. The SMILES string of the molecule is COc1cncc(NC([CH]c2c[nH]c3ccc(CCO)cc23)c2cc3ccccn3n2)c1. The van der Waals surface area contributed by atoms with Gasteiger partial charge in [0, 0.05) is 42.4 Å². The highest BCUT2D eigenvalue weighted by Gasteiger charge is 2.19. The lowest BCUT2D eigenvalue weighted by atomic mass is 10.0. The molecular weight excluding hydrogens is 402 g/mol. The number of aromatic nitrogens is 4. The van der Waals surface area contributed by atoms with Crippen molar-refractivity contribution >= 4 is 22.1 Å². The summed E-state index contributed by atoms with van der Waals surface area (Å²) in [6.45, 7) is 0.128. The molecule has 5 aromatic rings. The minimum Gasteiger partial charge on any atom is -0.495 e. The lowest BCUT2D eigenvalue weighted by Crippen LogP contribution is -2.13. The van der Waals surface area contributed by atoms with Crippen LogP contribution in [-0.4, -0.2) is 38.4 Å². The van der Waals surface area contributed by atoms with Crippen LogP contribution in [0.3, 0.4) is 0 Å². The van der Waals surface area contributed by atoms with Crippen LogP contribution < -0.4 is 10.1 Å². The van der Waals surface area contributed by atoms with E-state index in [1.807, 2.05) is 47.2 Å². The third-order valence-electron chi connectivity index (χ3n) is 5.50. The Kier molecular flexibility index (Phi) is 5.47. The van der Waals surface area contributed by atoms with Gasteiger partial charge in [0.2, 0.25) is 0 Å². The summed E-state index contributed by atoms with van der Waals surface area (Å²) < 4.78 is 7.20. The number of methoxy groups -OCH3 is 1. The van der Waals surface area contributed by atoms with Gasteiger partial charge in [-0.1, -0.05) is 12.1 Å². The zero-order valence-electron chi connectivity index (χ0n) is 17.7. The van der Waals surface area contributed by atoms with Gasteiger partial charge in [-0.15, -0.1) is 0 Å². The average Bonchev–Trinajstić information content (AvgIpc) is 3.43. The number of rotatable bonds is 8. The molecule has 0 fully saturated rings. The molecule has 1 atom stereocenters. The van der Waals surface area contributed by atoms with Crippen LogP contribution in [0, 0.1) is 6.42 Å². The van der Waals surface area contributed by atoms with Crippen molar-refractivity contribution in [1.29, 1.82) is 0 Å². The van der Waals surface area contributed by atoms with E-state index in [-0.39, 0.29) is 12.6 Å². The number of hydrogen-bond donors (Lipinski definition) is 3. The van der Waals surface area contributed by atoms with Crippen LogP contribution in [-0.2, 0) is 6.42 Å². The number of aliphatic hydroxyl groups excluding tert-OH is 1. The van der Waals surface area contributed by atoms with Crippen molar-refractivity contribution in [2.24, 2.45) is 0 Å². The molecule has 4 heterocycles. The number of nitrogens with one attached hydrogen (secondary N) is 2. The van der Waals surface area contributed by atoms with E-state index < -0.39 is 0 Å². The minimum absolute atomic E-state index is 0.128.